The Labute approximate surface area is 564 Å². The summed E-state index contributed by atoms with van der Waals surface area (Å²) in [5.41, 5.74) is 0. The van der Waals surface area contributed by atoms with E-state index in [-0.39, 0.29) is 26.1 Å². The van der Waals surface area contributed by atoms with Crippen molar-refractivity contribution >= 4 is 19.8 Å². The van der Waals surface area contributed by atoms with Gasteiger partial charge in [0.2, 0.25) is 0 Å². The summed E-state index contributed by atoms with van der Waals surface area (Å²) in [4.78, 5) is 38.1. The topological polar surface area (TPSA) is 111 Å². The largest absolute Gasteiger partial charge is 0.756 e. The Morgan fingerprint density at radius 2 is 0.626 bits per heavy atom. The van der Waals surface area contributed by atoms with Gasteiger partial charge < -0.3 is 27.9 Å². The van der Waals surface area contributed by atoms with Crippen LogP contribution >= 0.6 is 7.82 Å². The summed E-state index contributed by atoms with van der Waals surface area (Å²) in [7, 11) is 1.14. The number of esters is 2. The molecule has 2 unspecified atom stereocenters. The van der Waals surface area contributed by atoms with Crippen LogP contribution in [0.4, 0.5) is 0 Å². The number of likely N-dealkylation sites (N-methyl/N-ethyl adjacent to an activating group) is 1. The van der Waals surface area contributed by atoms with Crippen molar-refractivity contribution in [1.29, 1.82) is 0 Å². The van der Waals surface area contributed by atoms with Crippen LogP contribution in [0.5, 0.6) is 0 Å². The molecule has 0 aliphatic heterocycles. The number of phosphoric acid groups is 1. The molecule has 9 nitrogen and oxygen atoms in total. The van der Waals surface area contributed by atoms with Gasteiger partial charge in [-0.05, 0) is 77.0 Å². The third kappa shape index (κ3) is 75.8. The molecule has 0 heterocycles. The van der Waals surface area contributed by atoms with Gasteiger partial charge in [0, 0.05) is 12.8 Å². The Balaban J connectivity index is 3.98. The molecule has 0 aliphatic carbocycles. The van der Waals surface area contributed by atoms with E-state index in [0.717, 1.165) is 83.5 Å². The molecular weight excluding hydrogens is 1150 g/mol. The van der Waals surface area contributed by atoms with Gasteiger partial charge in [-0.2, -0.15) is 0 Å². The number of unbranched alkanes of at least 4 members (excludes halogenated alkanes) is 41. The lowest BCUT2D eigenvalue weighted by atomic mass is 10.0. The minimum atomic E-state index is -4.66. The van der Waals surface area contributed by atoms with Crippen LogP contribution in [-0.2, 0) is 32.7 Å². The molecule has 0 aromatic heterocycles. The molecule has 91 heavy (non-hydrogen) atoms. The van der Waals surface area contributed by atoms with Gasteiger partial charge in [-0.25, -0.2) is 0 Å². The number of allylic oxidation sites excluding steroid dienone is 16. The first kappa shape index (κ1) is 87.9. The Morgan fingerprint density at radius 1 is 0.352 bits per heavy atom. The molecule has 0 rings (SSSR count). The molecule has 0 bridgehead atoms. The Morgan fingerprint density at radius 3 is 0.934 bits per heavy atom. The second-order valence-electron chi connectivity index (χ2n) is 27.0. The fourth-order valence-corrected chi connectivity index (χ4v) is 11.8. The first-order chi connectivity index (χ1) is 44.5. The number of nitrogens with zero attached hydrogens (tertiary/aromatic N) is 1. The molecule has 0 aliphatic rings. The van der Waals surface area contributed by atoms with E-state index in [2.05, 4.69) is 111 Å². The van der Waals surface area contributed by atoms with Crippen molar-refractivity contribution in [3.05, 3.63) is 97.2 Å². The Hall–Kier alpha value is -3.07. The Kier molecular flexibility index (Phi) is 68.8. The number of ether oxygens (including phenoxy) is 2. The molecule has 2 atom stereocenters. The first-order valence-electron chi connectivity index (χ1n) is 38.4. The highest BCUT2D eigenvalue weighted by molar-refractivity contribution is 7.45. The monoisotopic (exact) mass is 1290 g/mol. The maximum atomic E-state index is 12.8. The minimum absolute atomic E-state index is 0.0431. The van der Waals surface area contributed by atoms with Gasteiger partial charge in [0.1, 0.15) is 19.8 Å². The van der Waals surface area contributed by atoms with Crippen LogP contribution in [0, 0.1) is 0 Å². The summed E-state index contributed by atoms with van der Waals surface area (Å²) >= 11 is 0. The van der Waals surface area contributed by atoms with E-state index in [1.165, 1.54) is 238 Å². The smallest absolute Gasteiger partial charge is 0.306 e. The third-order valence-electron chi connectivity index (χ3n) is 16.9. The average Bonchev–Trinajstić information content (AvgIpc) is 3.74. The van der Waals surface area contributed by atoms with E-state index < -0.39 is 32.5 Å². The zero-order valence-electron chi connectivity index (χ0n) is 60.3. The van der Waals surface area contributed by atoms with Crippen molar-refractivity contribution in [2.45, 2.75) is 360 Å². The summed E-state index contributed by atoms with van der Waals surface area (Å²) < 4.78 is 34.3. The summed E-state index contributed by atoms with van der Waals surface area (Å²) in [6, 6.07) is 0. The van der Waals surface area contributed by atoms with E-state index in [9.17, 15) is 19.0 Å². The van der Waals surface area contributed by atoms with Crippen molar-refractivity contribution in [2.24, 2.45) is 0 Å². The molecule has 0 fully saturated rings. The van der Waals surface area contributed by atoms with E-state index in [1.807, 2.05) is 21.1 Å². The normalized spacial score (nSPS) is 13.6. The highest BCUT2D eigenvalue weighted by Crippen LogP contribution is 2.38. The number of hydrogen-bond acceptors (Lipinski definition) is 8. The fraction of sp³-hybridized carbons (Fsp3) is 0.778. The van der Waals surface area contributed by atoms with Crippen LogP contribution in [0.25, 0.3) is 0 Å². The lowest BCUT2D eigenvalue weighted by Gasteiger charge is -2.28. The van der Waals surface area contributed by atoms with Crippen molar-refractivity contribution < 1.29 is 42.1 Å². The molecule has 0 amide bonds. The van der Waals surface area contributed by atoms with Gasteiger partial charge in [-0.1, -0.05) is 361 Å². The summed E-state index contributed by atoms with van der Waals surface area (Å²) in [5.74, 6) is -0.877. The number of rotatable bonds is 71. The third-order valence-corrected chi connectivity index (χ3v) is 17.8. The van der Waals surface area contributed by atoms with E-state index in [1.54, 1.807) is 0 Å². The highest BCUT2D eigenvalue weighted by Gasteiger charge is 2.22. The lowest BCUT2D eigenvalue weighted by Crippen LogP contribution is -2.37. The summed E-state index contributed by atoms with van der Waals surface area (Å²) in [6.07, 6.45) is 99.7. The van der Waals surface area contributed by atoms with Crippen LogP contribution in [0.1, 0.15) is 354 Å². The van der Waals surface area contributed by atoms with Crippen LogP contribution in [-0.4, -0.2) is 70.0 Å². The number of carbonyl (C=O) groups is 2. The molecule has 10 heteroatoms. The van der Waals surface area contributed by atoms with E-state index in [0.29, 0.717) is 17.4 Å². The van der Waals surface area contributed by atoms with Gasteiger partial charge in [0.05, 0.1) is 27.7 Å². The predicted octanol–water partition coefficient (Wildman–Crippen LogP) is 24.8. The number of hydrogen-bond donors (Lipinski definition) is 0. The Bertz CT molecular complexity index is 1860. The molecule has 0 aromatic rings. The summed E-state index contributed by atoms with van der Waals surface area (Å²) in [6.45, 7) is 4.11. The van der Waals surface area contributed by atoms with Gasteiger partial charge in [0.25, 0.3) is 7.82 Å². The van der Waals surface area contributed by atoms with Gasteiger partial charge in [-0.15, -0.1) is 0 Å². The molecule has 0 aromatic carbocycles. The zero-order valence-corrected chi connectivity index (χ0v) is 61.2. The van der Waals surface area contributed by atoms with Crippen LogP contribution in [0.3, 0.4) is 0 Å². The maximum absolute atomic E-state index is 12.8. The maximum Gasteiger partial charge on any atom is 0.306 e. The molecular formula is C81H146NO8P. The second kappa shape index (κ2) is 71.2. The number of carbonyl (C=O) groups excluding carboxylic acids is 2. The number of phosphoric ester groups is 1. The predicted molar refractivity (Wildman–Crippen MR) is 392 cm³/mol. The van der Waals surface area contributed by atoms with E-state index >= 15 is 0 Å². The van der Waals surface area contributed by atoms with Crippen molar-refractivity contribution in [1.82, 2.24) is 0 Å². The molecule has 0 spiro atoms. The van der Waals surface area contributed by atoms with Gasteiger partial charge >= 0.3 is 11.9 Å². The van der Waals surface area contributed by atoms with E-state index in [4.69, 9.17) is 18.5 Å². The lowest BCUT2D eigenvalue weighted by molar-refractivity contribution is -0.870. The van der Waals surface area contributed by atoms with Crippen molar-refractivity contribution in [3.8, 4) is 0 Å². The van der Waals surface area contributed by atoms with Crippen LogP contribution < -0.4 is 4.89 Å². The molecule has 0 saturated heterocycles. The van der Waals surface area contributed by atoms with Crippen LogP contribution in [0.15, 0.2) is 97.2 Å². The standard InChI is InChI=1S/C81H146NO8P/c1-6-8-10-12-14-16-18-20-22-24-26-28-30-32-34-35-36-37-38-39-40-41-42-43-44-45-46-48-49-51-53-55-57-59-61-63-65-67-69-71-73-80(83)87-77-79(78-89-91(85,86)88-76-75-82(3,4)5)90-81(84)74-72-70-68-66-64-62-60-58-56-54-52-50-47-33-31-29-27-25-23-21-19-17-15-13-11-9-7-2/h9,11,15,17,21,23,27,29,33,47,52,54,58,60,64,66,79H,6-8,10,12-14,16,18-20,22,24-26,28,30-32,34-46,48-51,53,55-57,59,61-63,65,67-78H2,1-5H3/b11-9-,17-15-,23-21-,29-27-,47-33-,54-52-,60-58-,66-64-. The zero-order chi connectivity index (χ0) is 66.2. The number of quaternary nitrogens is 1. The van der Waals surface area contributed by atoms with Crippen LogP contribution in [0.2, 0.25) is 0 Å². The quantitative estimate of drug-likeness (QED) is 0.0195. The summed E-state index contributed by atoms with van der Waals surface area (Å²) in [5, 5.41) is 0. The van der Waals surface area contributed by atoms with Gasteiger partial charge in [0.15, 0.2) is 6.10 Å². The molecule has 0 saturated carbocycles. The SMILES string of the molecule is CC/C=C\C/C=C\C/C=C\C/C=C\C/C=C\C/C=C\C/C=C\C/C=C\CCCCC(=O)OC(COC(=O)CCCCCCCCCCCCCCCCCCCCCCCCCCCCCCCCCCCCCCCCCC)COP(=O)([O-])OCC[N+](C)(C)C. The van der Waals surface area contributed by atoms with Crippen molar-refractivity contribution in [2.75, 3.05) is 47.5 Å². The molecule has 0 N–H and O–H groups in total. The highest BCUT2D eigenvalue weighted by atomic mass is 31.2. The molecule has 528 valence electrons. The minimum Gasteiger partial charge on any atom is -0.756 e. The average molecular weight is 1290 g/mol. The molecule has 0 radical (unpaired) electrons. The second-order valence-corrected chi connectivity index (χ2v) is 28.4. The first-order valence-corrected chi connectivity index (χ1v) is 39.9. The fourth-order valence-electron chi connectivity index (χ4n) is 11.0. The van der Waals surface area contributed by atoms with Gasteiger partial charge in [-0.3, -0.25) is 14.2 Å². The van der Waals surface area contributed by atoms with Crippen molar-refractivity contribution in [3.63, 3.8) is 0 Å².